The average Bonchev–Trinajstić information content (AvgIpc) is 2.24. The SMILES string of the molecule is CC(CCS)CCSc1ccc(F)c(F)c1. The third-order valence-electron chi connectivity index (χ3n) is 2.39. The number of rotatable bonds is 6. The van der Waals surface area contributed by atoms with Gasteiger partial charge >= 0.3 is 0 Å². The molecule has 0 fully saturated rings. The number of hydrogen-bond donors (Lipinski definition) is 1. The van der Waals surface area contributed by atoms with Crippen LogP contribution in [0.3, 0.4) is 0 Å². The summed E-state index contributed by atoms with van der Waals surface area (Å²) in [5, 5.41) is 0. The highest BCUT2D eigenvalue weighted by Crippen LogP contribution is 2.23. The van der Waals surface area contributed by atoms with E-state index in [0.29, 0.717) is 5.92 Å². The lowest BCUT2D eigenvalue weighted by molar-refractivity contribution is 0.506. The molecule has 0 spiro atoms. The van der Waals surface area contributed by atoms with Crippen molar-refractivity contribution in [3.63, 3.8) is 0 Å². The molecule has 0 heterocycles. The van der Waals surface area contributed by atoms with E-state index in [0.717, 1.165) is 29.2 Å². The van der Waals surface area contributed by atoms with Crippen LogP contribution < -0.4 is 0 Å². The zero-order valence-electron chi connectivity index (χ0n) is 9.25. The Bertz CT molecular complexity index is 329. The van der Waals surface area contributed by atoms with Crippen molar-refractivity contribution in [3.05, 3.63) is 29.8 Å². The molecule has 1 atom stereocenters. The molecule has 0 N–H and O–H groups in total. The minimum atomic E-state index is -0.784. The summed E-state index contributed by atoms with van der Waals surface area (Å²) in [6.45, 7) is 2.18. The Morgan fingerprint density at radius 2 is 2.00 bits per heavy atom. The normalized spacial score (nSPS) is 12.8. The topological polar surface area (TPSA) is 0 Å². The fraction of sp³-hybridized carbons (Fsp3) is 0.500. The lowest BCUT2D eigenvalue weighted by Crippen LogP contribution is -1.97. The molecule has 1 aromatic rings. The van der Waals surface area contributed by atoms with Gasteiger partial charge < -0.3 is 0 Å². The molecule has 90 valence electrons. The van der Waals surface area contributed by atoms with Crippen molar-refractivity contribution in [2.75, 3.05) is 11.5 Å². The first kappa shape index (κ1) is 13.8. The second-order valence-corrected chi connectivity index (χ2v) is 5.45. The number of benzene rings is 1. The predicted octanol–water partition coefficient (Wildman–Crippen LogP) is 4.40. The summed E-state index contributed by atoms with van der Waals surface area (Å²) in [6, 6.07) is 4.05. The van der Waals surface area contributed by atoms with Gasteiger partial charge in [-0.1, -0.05) is 6.92 Å². The second kappa shape index (κ2) is 7.17. The van der Waals surface area contributed by atoms with E-state index >= 15 is 0 Å². The van der Waals surface area contributed by atoms with E-state index in [9.17, 15) is 8.78 Å². The molecule has 1 rings (SSSR count). The van der Waals surface area contributed by atoms with Gasteiger partial charge in [-0.3, -0.25) is 0 Å². The van der Waals surface area contributed by atoms with E-state index in [1.165, 1.54) is 12.1 Å². The molecule has 16 heavy (non-hydrogen) atoms. The molecule has 0 saturated carbocycles. The van der Waals surface area contributed by atoms with Gasteiger partial charge in [-0.2, -0.15) is 12.6 Å². The van der Waals surface area contributed by atoms with Gasteiger partial charge in [-0.25, -0.2) is 8.78 Å². The van der Waals surface area contributed by atoms with E-state index in [1.807, 2.05) is 0 Å². The van der Waals surface area contributed by atoms with Crippen LogP contribution in [0.25, 0.3) is 0 Å². The van der Waals surface area contributed by atoms with Crippen LogP contribution in [0.15, 0.2) is 23.1 Å². The molecule has 0 aliphatic carbocycles. The summed E-state index contributed by atoms with van der Waals surface area (Å²) in [6.07, 6.45) is 2.17. The summed E-state index contributed by atoms with van der Waals surface area (Å²) in [7, 11) is 0. The van der Waals surface area contributed by atoms with Crippen LogP contribution in [0.1, 0.15) is 19.8 Å². The largest absolute Gasteiger partial charge is 0.204 e. The van der Waals surface area contributed by atoms with Crippen LogP contribution in [-0.2, 0) is 0 Å². The molecule has 1 aromatic carbocycles. The maximum absolute atomic E-state index is 12.9. The van der Waals surface area contributed by atoms with Crippen molar-refractivity contribution in [2.24, 2.45) is 5.92 Å². The van der Waals surface area contributed by atoms with Gasteiger partial charge in [-0.05, 0) is 48.5 Å². The predicted molar refractivity (Wildman–Crippen MR) is 69.3 cm³/mol. The molecule has 0 radical (unpaired) electrons. The maximum Gasteiger partial charge on any atom is 0.159 e. The smallest absolute Gasteiger partial charge is 0.159 e. The highest BCUT2D eigenvalue weighted by molar-refractivity contribution is 7.99. The minimum Gasteiger partial charge on any atom is -0.204 e. The van der Waals surface area contributed by atoms with E-state index in [2.05, 4.69) is 19.6 Å². The molecular formula is C12H16F2S2. The fourth-order valence-electron chi connectivity index (χ4n) is 1.31. The first-order chi connectivity index (χ1) is 7.63. The summed E-state index contributed by atoms with van der Waals surface area (Å²) in [5.41, 5.74) is 0. The Labute approximate surface area is 105 Å². The van der Waals surface area contributed by atoms with Crippen LogP contribution in [0.2, 0.25) is 0 Å². The summed E-state index contributed by atoms with van der Waals surface area (Å²) >= 11 is 5.74. The zero-order valence-corrected chi connectivity index (χ0v) is 11.0. The third kappa shape index (κ3) is 4.74. The molecule has 1 unspecified atom stereocenters. The molecule has 4 heteroatoms. The zero-order chi connectivity index (χ0) is 12.0. The number of thioether (sulfide) groups is 1. The summed E-state index contributed by atoms with van der Waals surface area (Å²) in [4.78, 5) is 0.789. The van der Waals surface area contributed by atoms with E-state index in [4.69, 9.17) is 0 Å². The van der Waals surface area contributed by atoms with Gasteiger partial charge in [0, 0.05) is 4.90 Å². The van der Waals surface area contributed by atoms with Gasteiger partial charge in [0.1, 0.15) is 0 Å². The van der Waals surface area contributed by atoms with Gasteiger partial charge in [0.05, 0.1) is 0 Å². The van der Waals surface area contributed by atoms with Crippen molar-refractivity contribution in [2.45, 2.75) is 24.7 Å². The third-order valence-corrected chi connectivity index (χ3v) is 3.68. The Hall–Kier alpha value is -0.220. The van der Waals surface area contributed by atoms with Crippen molar-refractivity contribution in [1.29, 1.82) is 0 Å². The second-order valence-electron chi connectivity index (χ2n) is 3.83. The van der Waals surface area contributed by atoms with Crippen molar-refractivity contribution < 1.29 is 8.78 Å². The Morgan fingerprint density at radius 1 is 1.25 bits per heavy atom. The van der Waals surface area contributed by atoms with Crippen LogP contribution in [0, 0.1) is 17.6 Å². The summed E-state index contributed by atoms with van der Waals surface area (Å²) < 4.78 is 25.5. The quantitative estimate of drug-likeness (QED) is 0.585. The number of halogens is 2. The molecule has 0 aliphatic rings. The van der Waals surface area contributed by atoms with Crippen LogP contribution in [0.5, 0.6) is 0 Å². The fourth-order valence-corrected chi connectivity index (χ4v) is 2.86. The van der Waals surface area contributed by atoms with Gasteiger partial charge in [-0.15, -0.1) is 11.8 Å². The van der Waals surface area contributed by atoms with Gasteiger partial charge in [0.2, 0.25) is 0 Å². The highest BCUT2D eigenvalue weighted by Gasteiger charge is 2.04. The molecular weight excluding hydrogens is 246 g/mol. The molecule has 0 bridgehead atoms. The van der Waals surface area contributed by atoms with Crippen molar-refractivity contribution >= 4 is 24.4 Å². The minimum absolute atomic E-state index is 0.635. The Morgan fingerprint density at radius 3 is 2.62 bits per heavy atom. The monoisotopic (exact) mass is 262 g/mol. The molecule has 0 aliphatic heterocycles. The molecule has 0 nitrogen and oxygen atoms in total. The van der Waals surface area contributed by atoms with Gasteiger partial charge in [0.25, 0.3) is 0 Å². The van der Waals surface area contributed by atoms with Crippen LogP contribution in [0.4, 0.5) is 8.78 Å². The Kier molecular flexibility index (Phi) is 6.21. The molecule has 0 saturated heterocycles. The summed E-state index contributed by atoms with van der Waals surface area (Å²) in [5.74, 6) is 0.910. The first-order valence-electron chi connectivity index (χ1n) is 5.32. The van der Waals surface area contributed by atoms with E-state index < -0.39 is 11.6 Å². The Balaban J connectivity index is 2.34. The standard InChI is InChI=1S/C12H16F2S2/c1-9(4-6-15)5-7-16-10-2-3-11(13)12(14)8-10/h2-3,8-9,15H,4-7H2,1H3. The molecule has 0 aromatic heterocycles. The van der Waals surface area contributed by atoms with Crippen LogP contribution in [-0.4, -0.2) is 11.5 Å². The lowest BCUT2D eigenvalue weighted by Gasteiger charge is -2.08. The maximum atomic E-state index is 12.9. The highest BCUT2D eigenvalue weighted by atomic mass is 32.2. The first-order valence-corrected chi connectivity index (χ1v) is 6.94. The van der Waals surface area contributed by atoms with Crippen molar-refractivity contribution in [1.82, 2.24) is 0 Å². The van der Waals surface area contributed by atoms with Crippen molar-refractivity contribution in [3.8, 4) is 0 Å². The van der Waals surface area contributed by atoms with E-state index in [1.54, 1.807) is 17.8 Å². The number of thiol groups is 1. The number of hydrogen-bond acceptors (Lipinski definition) is 2. The van der Waals surface area contributed by atoms with Gasteiger partial charge in [0.15, 0.2) is 11.6 Å². The van der Waals surface area contributed by atoms with E-state index in [-0.39, 0.29) is 0 Å². The molecule has 0 amide bonds. The van der Waals surface area contributed by atoms with Crippen LogP contribution >= 0.6 is 24.4 Å². The average molecular weight is 262 g/mol. The lowest BCUT2D eigenvalue weighted by atomic mass is 10.1.